The zero-order valence-electron chi connectivity index (χ0n) is 12.7. The first kappa shape index (κ1) is 15.8. The minimum absolute atomic E-state index is 0.197. The summed E-state index contributed by atoms with van der Waals surface area (Å²) in [5, 5.41) is 4.58. The van der Waals surface area contributed by atoms with Crippen LogP contribution in [-0.4, -0.2) is 23.0 Å². The zero-order valence-corrected chi connectivity index (χ0v) is 14.3. The molecule has 118 valence electrons. The molecule has 0 aliphatic heterocycles. The van der Waals surface area contributed by atoms with E-state index in [1.165, 1.54) is 4.88 Å². The maximum atomic E-state index is 12.4. The van der Waals surface area contributed by atoms with Crippen molar-refractivity contribution in [3.05, 3.63) is 63.0 Å². The highest BCUT2D eigenvalue weighted by molar-refractivity contribution is 7.11. The van der Waals surface area contributed by atoms with Crippen molar-refractivity contribution in [1.29, 1.82) is 0 Å². The van der Waals surface area contributed by atoms with E-state index >= 15 is 0 Å². The molecule has 0 aliphatic rings. The normalized spacial score (nSPS) is 10.7. The fraction of sp³-hybridized carbons (Fsp3) is 0.176. The van der Waals surface area contributed by atoms with Crippen molar-refractivity contribution >= 4 is 28.8 Å². The second-order valence-electron chi connectivity index (χ2n) is 5.26. The lowest BCUT2D eigenvalue weighted by molar-refractivity contribution is 0.0745. The average molecular weight is 347 g/mol. The van der Waals surface area contributed by atoms with Gasteiger partial charge in [0.25, 0.3) is 5.91 Å². The Labute approximate surface area is 143 Å². The number of thiophene rings is 1. The van der Waals surface area contributed by atoms with Crippen molar-refractivity contribution in [2.45, 2.75) is 13.5 Å². The maximum Gasteiger partial charge on any atom is 0.292 e. The number of carbonyl (C=O) groups excluding carboxylic acids is 1. The topological polar surface area (TPSA) is 46.3 Å². The first-order chi connectivity index (χ1) is 11.0. The van der Waals surface area contributed by atoms with Crippen LogP contribution in [0.1, 0.15) is 20.3 Å². The predicted octanol–water partition coefficient (Wildman–Crippen LogP) is 4.64. The summed E-state index contributed by atoms with van der Waals surface area (Å²) in [6, 6.07) is 13.0. The second-order valence-corrected chi connectivity index (χ2v) is 7.07. The van der Waals surface area contributed by atoms with Gasteiger partial charge in [0.05, 0.1) is 6.54 Å². The van der Waals surface area contributed by atoms with Gasteiger partial charge in [-0.3, -0.25) is 4.79 Å². The van der Waals surface area contributed by atoms with E-state index < -0.39 is 0 Å². The molecule has 2 heterocycles. The molecule has 3 rings (SSSR count). The van der Waals surface area contributed by atoms with Gasteiger partial charge in [-0.2, -0.15) is 0 Å². The number of aryl methyl sites for hydroxylation is 1. The molecule has 6 heteroatoms. The Morgan fingerprint density at radius 1 is 1.30 bits per heavy atom. The van der Waals surface area contributed by atoms with E-state index in [0.717, 1.165) is 10.4 Å². The van der Waals surface area contributed by atoms with Crippen LogP contribution in [0.25, 0.3) is 11.3 Å². The minimum Gasteiger partial charge on any atom is -0.350 e. The Morgan fingerprint density at radius 2 is 2.13 bits per heavy atom. The van der Waals surface area contributed by atoms with Crippen molar-refractivity contribution in [2.75, 3.05) is 7.05 Å². The third kappa shape index (κ3) is 3.63. The van der Waals surface area contributed by atoms with Gasteiger partial charge >= 0.3 is 0 Å². The molecule has 2 aromatic heterocycles. The Kier molecular flexibility index (Phi) is 4.50. The van der Waals surface area contributed by atoms with Crippen molar-refractivity contribution in [3.63, 3.8) is 0 Å². The highest BCUT2D eigenvalue weighted by Crippen LogP contribution is 2.23. The minimum atomic E-state index is -0.197. The Hall–Kier alpha value is -2.11. The SMILES string of the molecule is Cc1ccc(CN(C)C(=O)c2cc(-c3cccc(Cl)c3)no2)s1. The van der Waals surface area contributed by atoms with E-state index in [4.69, 9.17) is 16.1 Å². The van der Waals surface area contributed by atoms with Crippen molar-refractivity contribution in [1.82, 2.24) is 10.1 Å². The number of hydrogen-bond donors (Lipinski definition) is 0. The summed E-state index contributed by atoms with van der Waals surface area (Å²) in [6.45, 7) is 2.59. The van der Waals surface area contributed by atoms with Crippen LogP contribution in [0.2, 0.25) is 5.02 Å². The monoisotopic (exact) mass is 346 g/mol. The largest absolute Gasteiger partial charge is 0.350 e. The van der Waals surface area contributed by atoms with E-state index in [0.29, 0.717) is 17.3 Å². The van der Waals surface area contributed by atoms with Gasteiger partial charge in [0.15, 0.2) is 0 Å². The van der Waals surface area contributed by atoms with Gasteiger partial charge in [0.2, 0.25) is 5.76 Å². The van der Waals surface area contributed by atoms with Gasteiger partial charge in [0, 0.05) is 33.5 Å². The lowest BCUT2D eigenvalue weighted by Crippen LogP contribution is -2.25. The van der Waals surface area contributed by atoms with Gasteiger partial charge in [0.1, 0.15) is 5.69 Å². The second kappa shape index (κ2) is 6.56. The number of amides is 1. The number of benzene rings is 1. The van der Waals surface area contributed by atoms with E-state index in [-0.39, 0.29) is 11.7 Å². The number of aromatic nitrogens is 1. The molecular weight excluding hydrogens is 332 g/mol. The lowest BCUT2D eigenvalue weighted by Gasteiger charge is -2.13. The van der Waals surface area contributed by atoms with Crippen LogP contribution >= 0.6 is 22.9 Å². The standard InChI is InChI=1S/C17H15ClN2O2S/c1-11-6-7-14(23-11)10-20(2)17(21)16-9-15(19-22-16)12-4-3-5-13(18)8-12/h3-9H,10H2,1-2H3. The van der Waals surface area contributed by atoms with Crippen LogP contribution < -0.4 is 0 Å². The molecule has 0 aliphatic carbocycles. The third-order valence-electron chi connectivity index (χ3n) is 3.38. The molecule has 0 N–H and O–H groups in total. The molecule has 0 fully saturated rings. The first-order valence-corrected chi connectivity index (χ1v) is 8.26. The van der Waals surface area contributed by atoms with E-state index in [9.17, 15) is 4.79 Å². The molecule has 4 nitrogen and oxygen atoms in total. The quantitative estimate of drug-likeness (QED) is 0.691. The van der Waals surface area contributed by atoms with E-state index in [2.05, 4.69) is 5.16 Å². The first-order valence-electron chi connectivity index (χ1n) is 7.06. The van der Waals surface area contributed by atoms with Gasteiger partial charge in [-0.25, -0.2) is 0 Å². The summed E-state index contributed by atoms with van der Waals surface area (Å²) in [7, 11) is 1.75. The fourth-order valence-electron chi connectivity index (χ4n) is 2.22. The van der Waals surface area contributed by atoms with Crippen molar-refractivity contribution < 1.29 is 9.32 Å². The molecule has 0 atom stereocenters. The molecule has 1 amide bonds. The molecule has 0 saturated heterocycles. The van der Waals surface area contributed by atoms with Gasteiger partial charge in [-0.15, -0.1) is 11.3 Å². The summed E-state index contributed by atoms with van der Waals surface area (Å²) in [6.07, 6.45) is 0. The molecule has 1 aromatic carbocycles. The number of halogens is 1. The summed E-state index contributed by atoms with van der Waals surface area (Å²) >= 11 is 7.65. The van der Waals surface area contributed by atoms with Gasteiger partial charge in [-0.05, 0) is 31.2 Å². The summed E-state index contributed by atoms with van der Waals surface area (Å²) in [5.74, 6) is 0.0209. The molecule has 0 unspecified atom stereocenters. The summed E-state index contributed by atoms with van der Waals surface area (Å²) < 4.78 is 5.20. The predicted molar refractivity (Wildman–Crippen MR) is 91.8 cm³/mol. The number of hydrogen-bond acceptors (Lipinski definition) is 4. The van der Waals surface area contributed by atoms with E-state index in [1.54, 1.807) is 41.5 Å². The van der Waals surface area contributed by atoms with Gasteiger partial charge in [-0.1, -0.05) is 28.9 Å². The Balaban J connectivity index is 1.75. The van der Waals surface area contributed by atoms with Crippen LogP contribution in [0, 0.1) is 6.92 Å². The lowest BCUT2D eigenvalue weighted by atomic mass is 10.1. The van der Waals surface area contributed by atoms with Crippen LogP contribution in [0.15, 0.2) is 47.0 Å². The number of carbonyl (C=O) groups is 1. The molecule has 3 aromatic rings. The van der Waals surface area contributed by atoms with Gasteiger partial charge < -0.3 is 9.42 Å². The molecular formula is C17H15ClN2O2S. The highest BCUT2D eigenvalue weighted by Gasteiger charge is 2.19. The molecule has 23 heavy (non-hydrogen) atoms. The average Bonchev–Trinajstić information content (AvgIpc) is 3.16. The summed E-state index contributed by atoms with van der Waals surface area (Å²) in [5.41, 5.74) is 1.41. The van der Waals surface area contributed by atoms with Crippen LogP contribution in [-0.2, 0) is 6.54 Å². The molecule has 0 radical (unpaired) electrons. The summed E-state index contributed by atoms with van der Waals surface area (Å²) in [4.78, 5) is 16.4. The van der Waals surface area contributed by atoms with Crippen LogP contribution in [0.5, 0.6) is 0 Å². The highest BCUT2D eigenvalue weighted by atomic mass is 35.5. The Bertz CT molecular complexity index is 840. The third-order valence-corrected chi connectivity index (χ3v) is 4.60. The van der Waals surface area contributed by atoms with Crippen LogP contribution in [0.4, 0.5) is 0 Å². The smallest absolute Gasteiger partial charge is 0.292 e. The van der Waals surface area contributed by atoms with Crippen molar-refractivity contribution in [3.8, 4) is 11.3 Å². The maximum absolute atomic E-state index is 12.4. The van der Waals surface area contributed by atoms with E-state index in [1.807, 2.05) is 31.2 Å². The molecule has 0 spiro atoms. The Morgan fingerprint density at radius 3 is 2.83 bits per heavy atom. The van der Waals surface area contributed by atoms with Crippen LogP contribution in [0.3, 0.4) is 0 Å². The fourth-order valence-corrected chi connectivity index (χ4v) is 3.36. The number of nitrogens with zero attached hydrogens (tertiary/aromatic N) is 2. The zero-order chi connectivity index (χ0) is 16.4. The number of rotatable bonds is 4. The molecule has 0 saturated carbocycles. The molecule has 0 bridgehead atoms. The van der Waals surface area contributed by atoms with Crippen molar-refractivity contribution in [2.24, 2.45) is 0 Å².